The summed E-state index contributed by atoms with van der Waals surface area (Å²) in [5, 5.41) is 3.44. The van der Waals surface area contributed by atoms with Gasteiger partial charge in [0.15, 0.2) is 5.78 Å². The average Bonchev–Trinajstić information content (AvgIpc) is 2.50. The van der Waals surface area contributed by atoms with E-state index < -0.39 is 0 Å². The van der Waals surface area contributed by atoms with Gasteiger partial charge in [0.1, 0.15) is 0 Å². The number of hydrogen-bond donors (Lipinski definition) is 1. The molecular formula is C13H19NO. The lowest BCUT2D eigenvalue weighted by Crippen LogP contribution is -2.38. The Morgan fingerprint density at radius 3 is 2.87 bits per heavy atom. The summed E-state index contributed by atoms with van der Waals surface area (Å²) >= 11 is 0. The predicted molar refractivity (Wildman–Crippen MR) is 61.7 cm³/mol. The molecule has 1 aliphatic carbocycles. The molecule has 1 fully saturated rings. The lowest BCUT2D eigenvalue weighted by Gasteiger charge is -2.30. The van der Waals surface area contributed by atoms with E-state index in [1.807, 2.05) is 0 Å². The molecule has 0 aromatic carbocycles. The number of hydrogen-bond acceptors (Lipinski definition) is 2. The van der Waals surface area contributed by atoms with Gasteiger partial charge in [-0.05, 0) is 36.8 Å². The number of ketones is 1. The van der Waals surface area contributed by atoms with Gasteiger partial charge in [-0.1, -0.05) is 26.5 Å². The first-order valence-corrected chi connectivity index (χ1v) is 5.68. The molecule has 0 spiro atoms. The SMILES string of the molecule is C=C1CCC=C(C2NCCC2(C)C)C1=O. The number of Topliss-reactive ketones (excluding diaryl/α,β-unsaturated/α-hetero) is 1. The topological polar surface area (TPSA) is 29.1 Å². The van der Waals surface area contributed by atoms with Gasteiger partial charge in [-0.3, -0.25) is 4.79 Å². The van der Waals surface area contributed by atoms with Crippen molar-refractivity contribution in [3.05, 3.63) is 23.8 Å². The molecule has 0 bridgehead atoms. The minimum absolute atomic E-state index is 0.175. The molecule has 2 rings (SSSR count). The highest BCUT2D eigenvalue weighted by Gasteiger charge is 2.39. The fraction of sp³-hybridized carbons (Fsp3) is 0.615. The largest absolute Gasteiger partial charge is 0.309 e. The van der Waals surface area contributed by atoms with Crippen LogP contribution < -0.4 is 5.32 Å². The monoisotopic (exact) mass is 205 g/mol. The summed E-state index contributed by atoms with van der Waals surface area (Å²) in [5.74, 6) is 0.175. The molecule has 0 radical (unpaired) electrons. The maximum absolute atomic E-state index is 12.0. The molecular weight excluding hydrogens is 186 g/mol. The summed E-state index contributed by atoms with van der Waals surface area (Å²) in [5.41, 5.74) is 1.92. The molecule has 15 heavy (non-hydrogen) atoms. The van der Waals surface area contributed by atoms with Crippen LogP contribution in [-0.2, 0) is 4.79 Å². The molecule has 1 heterocycles. The number of rotatable bonds is 1. The summed E-state index contributed by atoms with van der Waals surface area (Å²) in [6, 6.07) is 0.224. The maximum atomic E-state index is 12.0. The first-order chi connectivity index (χ1) is 7.02. The van der Waals surface area contributed by atoms with E-state index in [4.69, 9.17) is 0 Å². The Labute approximate surface area is 91.4 Å². The van der Waals surface area contributed by atoms with Crippen molar-refractivity contribution >= 4 is 5.78 Å². The van der Waals surface area contributed by atoms with Crippen LogP contribution in [0.2, 0.25) is 0 Å². The van der Waals surface area contributed by atoms with E-state index in [1.165, 1.54) is 0 Å². The standard InChI is InChI=1S/C13H19NO/c1-9-5-4-6-10(11(9)15)12-13(2,3)7-8-14-12/h6,12,14H,1,4-5,7-8H2,2-3H3. The first-order valence-electron chi connectivity index (χ1n) is 5.68. The summed E-state index contributed by atoms with van der Waals surface area (Å²) in [6.07, 6.45) is 5.03. The lowest BCUT2D eigenvalue weighted by atomic mass is 9.77. The molecule has 0 amide bonds. The molecule has 1 N–H and O–H groups in total. The molecule has 0 saturated carbocycles. The van der Waals surface area contributed by atoms with Crippen molar-refractivity contribution in [3.8, 4) is 0 Å². The Bertz CT molecular complexity index is 338. The normalized spacial score (nSPS) is 30.5. The van der Waals surface area contributed by atoms with Crippen molar-refractivity contribution < 1.29 is 4.79 Å². The third-order valence-corrected chi connectivity index (χ3v) is 3.60. The van der Waals surface area contributed by atoms with Gasteiger partial charge in [0.05, 0.1) is 0 Å². The number of allylic oxidation sites excluding steroid dienone is 2. The van der Waals surface area contributed by atoms with E-state index in [0.717, 1.165) is 37.0 Å². The average molecular weight is 205 g/mol. The highest BCUT2D eigenvalue weighted by molar-refractivity contribution is 6.09. The predicted octanol–water partition coefficient (Wildman–Crippen LogP) is 2.22. The van der Waals surface area contributed by atoms with Crippen LogP contribution in [0.5, 0.6) is 0 Å². The highest BCUT2D eigenvalue weighted by Crippen LogP contribution is 2.36. The fourth-order valence-corrected chi connectivity index (χ4v) is 2.55. The van der Waals surface area contributed by atoms with Crippen LogP contribution in [0.3, 0.4) is 0 Å². The zero-order chi connectivity index (χ0) is 11.1. The van der Waals surface area contributed by atoms with Crippen LogP contribution in [0.15, 0.2) is 23.8 Å². The second kappa shape index (κ2) is 3.60. The van der Waals surface area contributed by atoms with E-state index in [-0.39, 0.29) is 17.2 Å². The van der Waals surface area contributed by atoms with Gasteiger partial charge in [-0.15, -0.1) is 0 Å². The minimum atomic E-state index is 0.175. The van der Waals surface area contributed by atoms with Crippen LogP contribution in [0, 0.1) is 5.41 Å². The zero-order valence-electron chi connectivity index (χ0n) is 9.60. The lowest BCUT2D eigenvalue weighted by molar-refractivity contribution is -0.113. The van der Waals surface area contributed by atoms with Gasteiger partial charge in [0.25, 0.3) is 0 Å². The van der Waals surface area contributed by atoms with E-state index in [0.29, 0.717) is 0 Å². The van der Waals surface area contributed by atoms with Crippen molar-refractivity contribution in [1.82, 2.24) is 5.32 Å². The second-order valence-corrected chi connectivity index (χ2v) is 5.26. The fourth-order valence-electron chi connectivity index (χ4n) is 2.55. The molecule has 2 nitrogen and oxygen atoms in total. The molecule has 82 valence electrons. The Hall–Kier alpha value is -0.890. The smallest absolute Gasteiger partial charge is 0.185 e. The Morgan fingerprint density at radius 1 is 1.53 bits per heavy atom. The molecule has 1 unspecified atom stereocenters. The van der Waals surface area contributed by atoms with E-state index >= 15 is 0 Å². The summed E-state index contributed by atoms with van der Waals surface area (Å²) in [4.78, 5) is 12.0. The summed E-state index contributed by atoms with van der Waals surface area (Å²) in [7, 11) is 0. The van der Waals surface area contributed by atoms with Gasteiger partial charge < -0.3 is 5.32 Å². The Morgan fingerprint density at radius 2 is 2.27 bits per heavy atom. The zero-order valence-corrected chi connectivity index (χ0v) is 9.60. The van der Waals surface area contributed by atoms with Gasteiger partial charge in [-0.25, -0.2) is 0 Å². The Kier molecular flexibility index (Phi) is 2.55. The number of nitrogens with one attached hydrogen (secondary N) is 1. The minimum Gasteiger partial charge on any atom is -0.309 e. The quantitative estimate of drug-likeness (QED) is 0.665. The van der Waals surface area contributed by atoms with Crippen LogP contribution in [-0.4, -0.2) is 18.4 Å². The van der Waals surface area contributed by atoms with Crippen LogP contribution in [0.1, 0.15) is 33.1 Å². The van der Waals surface area contributed by atoms with Crippen LogP contribution in [0.25, 0.3) is 0 Å². The first kappa shape index (κ1) is 10.6. The molecule has 1 saturated heterocycles. The van der Waals surface area contributed by atoms with Crippen LogP contribution in [0.4, 0.5) is 0 Å². The van der Waals surface area contributed by atoms with Crippen molar-refractivity contribution in [2.24, 2.45) is 5.41 Å². The number of carbonyl (C=O) groups is 1. The molecule has 0 aromatic heterocycles. The van der Waals surface area contributed by atoms with E-state index in [1.54, 1.807) is 0 Å². The third kappa shape index (κ3) is 1.78. The van der Waals surface area contributed by atoms with E-state index in [9.17, 15) is 4.79 Å². The highest BCUT2D eigenvalue weighted by atomic mass is 16.1. The second-order valence-electron chi connectivity index (χ2n) is 5.26. The summed E-state index contributed by atoms with van der Waals surface area (Å²) in [6.45, 7) is 9.31. The van der Waals surface area contributed by atoms with Crippen molar-refractivity contribution in [2.75, 3.05) is 6.54 Å². The number of carbonyl (C=O) groups excluding carboxylic acids is 1. The molecule has 2 heteroatoms. The van der Waals surface area contributed by atoms with Gasteiger partial charge >= 0.3 is 0 Å². The van der Waals surface area contributed by atoms with Crippen molar-refractivity contribution in [1.29, 1.82) is 0 Å². The molecule has 0 aromatic rings. The Balaban J connectivity index is 2.27. The van der Waals surface area contributed by atoms with Gasteiger partial charge in [0, 0.05) is 11.6 Å². The van der Waals surface area contributed by atoms with Crippen molar-refractivity contribution in [3.63, 3.8) is 0 Å². The molecule has 1 aliphatic heterocycles. The van der Waals surface area contributed by atoms with Gasteiger partial charge in [-0.2, -0.15) is 0 Å². The maximum Gasteiger partial charge on any atom is 0.185 e. The third-order valence-electron chi connectivity index (χ3n) is 3.60. The summed E-state index contributed by atoms with van der Waals surface area (Å²) < 4.78 is 0. The van der Waals surface area contributed by atoms with Crippen LogP contribution >= 0.6 is 0 Å². The van der Waals surface area contributed by atoms with E-state index in [2.05, 4.69) is 31.8 Å². The van der Waals surface area contributed by atoms with Gasteiger partial charge in [0.2, 0.25) is 0 Å². The molecule has 1 atom stereocenters. The van der Waals surface area contributed by atoms with Crippen molar-refractivity contribution in [2.45, 2.75) is 39.2 Å². The molecule has 2 aliphatic rings.